The number of rotatable bonds is 4. The van der Waals surface area contributed by atoms with Crippen molar-refractivity contribution in [3.05, 3.63) is 75.1 Å². The molecule has 2 aromatic carbocycles. The van der Waals surface area contributed by atoms with E-state index in [0.717, 1.165) is 12.0 Å². The molecule has 1 fully saturated rings. The van der Waals surface area contributed by atoms with Gasteiger partial charge in [0.15, 0.2) is 0 Å². The summed E-state index contributed by atoms with van der Waals surface area (Å²) in [5, 5.41) is 8.42. The summed E-state index contributed by atoms with van der Waals surface area (Å²) in [6.45, 7) is 3.65. The number of morpholine rings is 1. The second kappa shape index (κ2) is 8.40. The molecule has 0 saturated carbocycles. The van der Waals surface area contributed by atoms with Crippen molar-refractivity contribution >= 4 is 28.5 Å². The van der Waals surface area contributed by atoms with Crippen LogP contribution in [0, 0.1) is 10.5 Å². The lowest BCUT2D eigenvalue weighted by Gasteiger charge is -2.36. The third-order valence-electron chi connectivity index (χ3n) is 4.87. The van der Waals surface area contributed by atoms with Gasteiger partial charge >= 0.3 is 0 Å². The predicted molar refractivity (Wildman–Crippen MR) is 115 cm³/mol. The van der Waals surface area contributed by atoms with E-state index in [2.05, 4.69) is 57.1 Å². The van der Waals surface area contributed by atoms with Gasteiger partial charge in [-0.25, -0.2) is 0 Å². The molecule has 1 aliphatic rings. The van der Waals surface area contributed by atoms with Gasteiger partial charge in [0.2, 0.25) is 0 Å². The number of benzene rings is 2. The van der Waals surface area contributed by atoms with Gasteiger partial charge in [-0.2, -0.15) is 15.0 Å². The molecule has 1 saturated heterocycles. The fourth-order valence-electron chi connectivity index (χ4n) is 3.52. The van der Waals surface area contributed by atoms with Gasteiger partial charge < -0.3 is 9.64 Å². The highest BCUT2D eigenvalue weighted by molar-refractivity contribution is 14.1. The minimum Gasteiger partial charge on any atom is -0.377 e. The molecule has 0 unspecified atom stereocenters. The normalized spacial score (nSPS) is 16.9. The number of carbonyl (C=O) groups excluding carboxylic acids is 1. The third kappa shape index (κ3) is 4.10. The number of hydrogen-bond donors (Lipinski definition) is 0. The first-order chi connectivity index (χ1) is 13.6. The summed E-state index contributed by atoms with van der Waals surface area (Å²) in [5.74, 6) is -0.00470. The zero-order valence-corrected chi connectivity index (χ0v) is 17.7. The molecule has 0 spiro atoms. The molecular formula is C21H21IN4O2. The van der Waals surface area contributed by atoms with Gasteiger partial charge in [-0.05, 0) is 65.8 Å². The van der Waals surface area contributed by atoms with Crippen molar-refractivity contribution in [1.29, 1.82) is 0 Å². The number of halogens is 1. The SMILES string of the molecule is Cc1ccc(-n2nccn2)c(C(=O)N2CCOC[C@H]2Cc2cccc(I)c2)c1. The number of amides is 1. The Morgan fingerprint density at radius 3 is 2.82 bits per heavy atom. The first kappa shape index (κ1) is 19.1. The summed E-state index contributed by atoms with van der Waals surface area (Å²) in [6, 6.07) is 14.2. The average molecular weight is 488 g/mol. The second-order valence-electron chi connectivity index (χ2n) is 6.90. The lowest BCUT2D eigenvalue weighted by molar-refractivity contribution is -0.00165. The molecule has 0 radical (unpaired) electrons. The van der Waals surface area contributed by atoms with Crippen molar-refractivity contribution in [2.75, 3.05) is 19.8 Å². The Morgan fingerprint density at radius 1 is 1.21 bits per heavy atom. The second-order valence-corrected chi connectivity index (χ2v) is 8.15. The maximum atomic E-state index is 13.5. The van der Waals surface area contributed by atoms with E-state index in [1.807, 2.05) is 30.0 Å². The third-order valence-corrected chi connectivity index (χ3v) is 5.54. The quantitative estimate of drug-likeness (QED) is 0.530. The summed E-state index contributed by atoms with van der Waals surface area (Å²) in [4.78, 5) is 17.0. The first-order valence-electron chi connectivity index (χ1n) is 9.22. The van der Waals surface area contributed by atoms with Crippen LogP contribution in [0.2, 0.25) is 0 Å². The molecule has 0 bridgehead atoms. The van der Waals surface area contributed by atoms with Gasteiger partial charge in [0.05, 0.1) is 42.9 Å². The van der Waals surface area contributed by atoms with Crippen LogP contribution in [0.5, 0.6) is 0 Å². The Morgan fingerprint density at radius 2 is 2.04 bits per heavy atom. The molecule has 6 nitrogen and oxygen atoms in total. The summed E-state index contributed by atoms with van der Waals surface area (Å²) in [6.07, 6.45) is 4.00. The van der Waals surface area contributed by atoms with Gasteiger partial charge in [-0.15, -0.1) is 0 Å². The first-order valence-corrected chi connectivity index (χ1v) is 10.3. The molecule has 1 atom stereocenters. The lowest BCUT2D eigenvalue weighted by atomic mass is 10.0. The van der Waals surface area contributed by atoms with Gasteiger partial charge in [-0.3, -0.25) is 4.79 Å². The van der Waals surface area contributed by atoms with E-state index in [1.165, 1.54) is 13.9 Å². The molecule has 1 amide bonds. The fraction of sp³-hybridized carbons (Fsp3) is 0.286. The molecule has 1 aliphatic heterocycles. The van der Waals surface area contributed by atoms with Crippen molar-refractivity contribution in [1.82, 2.24) is 19.9 Å². The number of aromatic nitrogens is 3. The minimum atomic E-state index is -0.00470. The molecule has 3 aromatic rings. The van der Waals surface area contributed by atoms with Gasteiger partial charge in [-0.1, -0.05) is 23.8 Å². The molecule has 7 heteroatoms. The number of ether oxygens (including phenoxy) is 1. The minimum absolute atomic E-state index is 0.00149. The van der Waals surface area contributed by atoms with Crippen LogP contribution in [-0.2, 0) is 11.2 Å². The van der Waals surface area contributed by atoms with Crippen molar-refractivity contribution in [2.24, 2.45) is 0 Å². The molecule has 0 aliphatic carbocycles. The van der Waals surface area contributed by atoms with Gasteiger partial charge in [0.1, 0.15) is 0 Å². The topological polar surface area (TPSA) is 60.2 Å². The van der Waals surface area contributed by atoms with Crippen LogP contribution in [-0.4, -0.2) is 51.6 Å². The highest BCUT2D eigenvalue weighted by Gasteiger charge is 2.30. The molecule has 28 heavy (non-hydrogen) atoms. The van der Waals surface area contributed by atoms with Gasteiger partial charge in [0, 0.05) is 10.1 Å². The zero-order chi connectivity index (χ0) is 19.5. The monoisotopic (exact) mass is 488 g/mol. The Kier molecular flexibility index (Phi) is 5.72. The molecule has 0 N–H and O–H groups in total. The number of carbonyl (C=O) groups is 1. The van der Waals surface area contributed by atoms with Crippen LogP contribution >= 0.6 is 22.6 Å². The average Bonchev–Trinajstić information content (AvgIpc) is 3.22. The molecule has 2 heterocycles. The zero-order valence-electron chi connectivity index (χ0n) is 15.6. The van der Waals surface area contributed by atoms with Crippen LogP contribution in [0.3, 0.4) is 0 Å². The van der Waals surface area contributed by atoms with E-state index in [-0.39, 0.29) is 11.9 Å². The van der Waals surface area contributed by atoms with E-state index in [0.29, 0.717) is 31.0 Å². The van der Waals surface area contributed by atoms with E-state index in [1.54, 1.807) is 12.4 Å². The maximum absolute atomic E-state index is 13.5. The van der Waals surface area contributed by atoms with Crippen LogP contribution in [0.25, 0.3) is 5.69 Å². The van der Waals surface area contributed by atoms with Crippen LogP contribution in [0.1, 0.15) is 21.5 Å². The summed E-state index contributed by atoms with van der Waals surface area (Å²) >= 11 is 2.31. The molecular weight excluding hydrogens is 467 g/mol. The molecule has 1 aromatic heterocycles. The van der Waals surface area contributed by atoms with Crippen molar-refractivity contribution < 1.29 is 9.53 Å². The van der Waals surface area contributed by atoms with E-state index >= 15 is 0 Å². The smallest absolute Gasteiger partial charge is 0.256 e. The maximum Gasteiger partial charge on any atom is 0.256 e. The Balaban J connectivity index is 1.65. The largest absolute Gasteiger partial charge is 0.377 e. The van der Waals surface area contributed by atoms with Crippen molar-refractivity contribution in [2.45, 2.75) is 19.4 Å². The summed E-state index contributed by atoms with van der Waals surface area (Å²) in [5.41, 5.74) is 3.55. The van der Waals surface area contributed by atoms with Gasteiger partial charge in [0.25, 0.3) is 5.91 Å². The Hall–Kier alpha value is -2.26. The van der Waals surface area contributed by atoms with Crippen LogP contribution in [0.15, 0.2) is 54.9 Å². The Labute approximate surface area is 177 Å². The highest BCUT2D eigenvalue weighted by Crippen LogP contribution is 2.22. The summed E-state index contributed by atoms with van der Waals surface area (Å²) < 4.78 is 6.89. The Bertz CT molecular complexity index is 974. The summed E-state index contributed by atoms with van der Waals surface area (Å²) in [7, 11) is 0. The van der Waals surface area contributed by atoms with Crippen LogP contribution in [0.4, 0.5) is 0 Å². The molecule has 4 rings (SSSR count). The highest BCUT2D eigenvalue weighted by atomic mass is 127. The van der Waals surface area contributed by atoms with E-state index in [4.69, 9.17) is 4.74 Å². The van der Waals surface area contributed by atoms with Crippen LogP contribution < -0.4 is 0 Å². The van der Waals surface area contributed by atoms with Crippen molar-refractivity contribution in [3.63, 3.8) is 0 Å². The predicted octanol–water partition coefficient (Wildman–Crippen LogP) is 3.26. The van der Waals surface area contributed by atoms with E-state index in [9.17, 15) is 4.79 Å². The molecule has 144 valence electrons. The number of hydrogen-bond acceptors (Lipinski definition) is 4. The fourth-order valence-corrected chi connectivity index (χ4v) is 4.13. The van der Waals surface area contributed by atoms with E-state index < -0.39 is 0 Å². The number of aryl methyl sites for hydroxylation is 1. The number of nitrogens with zero attached hydrogens (tertiary/aromatic N) is 4. The van der Waals surface area contributed by atoms with Crippen molar-refractivity contribution in [3.8, 4) is 5.69 Å². The lowest BCUT2D eigenvalue weighted by Crippen LogP contribution is -2.50. The standard InChI is InChI=1S/C21H21IN4O2/c1-15-5-6-20(26-23-7-8-24-26)19(11-15)21(27)25-9-10-28-14-18(25)13-16-3-2-4-17(22)12-16/h2-8,11-12,18H,9-10,13-14H2,1H3/t18-/m1/s1.